The van der Waals surface area contributed by atoms with Gasteiger partial charge in [-0.3, -0.25) is 9.59 Å². The molecule has 0 unspecified atom stereocenters. The fourth-order valence-corrected chi connectivity index (χ4v) is 3.70. The van der Waals surface area contributed by atoms with E-state index < -0.39 is 6.10 Å². The number of benzene rings is 1. The molecule has 2 aliphatic heterocycles. The minimum atomic E-state index is -0.503. The summed E-state index contributed by atoms with van der Waals surface area (Å²) in [5.74, 6) is 0.209. The van der Waals surface area contributed by atoms with Crippen molar-refractivity contribution in [3.63, 3.8) is 0 Å². The highest BCUT2D eigenvalue weighted by Gasteiger charge is 2.32. The summed E-state index contributed by atoms with van der Waals surface area (Å²) in [6.45, 7) is 3.96. The third-order valence-corrected chi connectivity index (χ3v) is 5.31. The molecular weight excluding hydrogens is 304 g/mol. The highest BCUT2D eigenvalue weighted by molar-refractivity contribution is 5.85. The van der Waals surface area contributed by atoms with Crippen LogP contribution in [0.25, 0.3) is 0 Å². The average Bonchev–Trinajstić information content (AvgIpc) is 2.96. The van der Waals surface area contributed by atoms with Crippen molar-refractivity contribution in [2.45, 2.75) is 38.7 Å². The molecule has 0 aliphatic carbocycles. The second-order valence-electron chi connectivity index (χ2n) is 7.01. The molecule has 0 bridgehead atoms. The maximum atomic E-state index is 12.4. The van der Waals surface area contributed by atoms with Crippen molar-refractivity contribution in [3.8, 4) is 0 Å². The smallest absolute Gasteiger partial charge is 0.242 e. The molecule has 1 aromatic rings. The van der Waals surface area contributed by atoms with E-state index in [1.54, 1.807) is 9.80 Å². The molecule has 0 spiro atoms. The lowest BCUT2D eigenvalue weighted by Crippen LogP contribution is -2.50. The van der Waals surface area contributed by atoms with Crippen molar-refractivity contribution >= 4 is 11.8 Å². The summed E-state index contributed by atoms with van der Waals surface area (Å²) in [6, 6.07) is 8.25. The number of aliphatic hydroxyl groups is 1. The van der Waals surface area contributed by atoms with Crippen molar-refractivity contribution in [3.05, 3.63) is 35.4 Å². The molecule has 1 aromatic carbocycles. The van der Waals surface area contributed by atoms with Gasteiger partial charge in [0.05, 0.1) is 12.6 Å². The molecule has 2 aliphatic rings. The molecule has 0 radical (unpaired) electrons. The number of β-amino-alcohol motifs (C(OH)–C–C–N with tert-alkyl or cyclic N) is 1. The minimum absolute atomic E-state index is 0.0429. The van der Waals surface area contributed by atoms with E-state index in [2.05, 4.69) is 19.1 Å². The van der Waals surface area contributed by atoms with Crippen molar-refractivity contribution in [1.82, 2.24) is 9.80 Å². The first kappa shape index (κ1) is 17.0. The van der Waals surface area contributed by atoms with E-state index >= 15 is 0 Å². The molecule has 2 atom stereocenters. The van der Waals surface area contributed by atoms with Gasteiger partial charge in [-0.25, -0.2) is 0 Å². The fourth-order valence-electron chi connectivity index (χ4n) is 3.70. The van der Waals surface area contributed by atoms with Gasteiger partial charge in [-0.2, -0.15) is 0 Å². The Morgan fingerprint density at radius 3 is 2.75 bits per heavy atom. The summed E-state index contributed by atoms with van der Waals surface area (Å²) in [4.78, 5) is 27.4. The number of carbonyl (C=O) groups is 2. The standard InChI is InChI=1S/C19H26N2O3/c1-14-5-2-3-6-15(14)11-16-8-10-21(12-17(16)22)19(24)13-20-9-4-7-18(20)23/h2-3,5-6,16-17,22H,4,7-13H2,1H3/t16-,17-/m1/s1. The number of aryl methyl sites for hydroxylation is 1. The Bertz CT molecular complexity index is 616. The van der Waals surface area contributed by atoms with Crippen LogP contribution in [0.4, 0.5) is 0 Å². The van der Waals surface area contributed by atoms with Crippen molar-refractivity contribution in [1.29, 1.82) is 0 Å². The van der Waals surface area contributed by atoms with Crippen LogP contribution < -0.4 is 0 Å². The molecule has 0 aromatic heterocycles. The van der Waals surface area contributed by atoms with Crippen LogP contribution in [-0.4, -0.2) is 59.0 Å². The van der Waals surface area contributed by atoms with Gasteiger partial charge in [-0.05, 0) is 43.2 Å². The Morgan fingerprint density at radius 1 is 1.29 bits per heavy atom. The first-order valence-electron chi connectivity index (χ1n) is 8.82. The summed E-state index contributed by atoms with van der Waals surface area (Å²) >= 11 is 0. The first-order valence-corrected chi connectivity index (χ1v) is 8.82. The molecule has 1 N–H and O–H groups in total. The normalized spacial score (nSPS) is 24.5. The topological polar surface area (TPSA) is 60.9 Å². The zero-order chi connectivity index (χ0) is 17.1. The highest BCUT2D eigenvalue weighted by atomic mass is 16.3. The maximum absolute atomic E-state index is 12.4. The van der Waals surface area contributed by atoms with E-state index in [1.165, 1.54) is 11.1 Å². The van der Waals surface area contributed by atoms with Crippen molar-refractivity contribution < 1.29 is 14.7 Å². The number of hydrogen-bond donors (Lipinski definition) is 1. The second-order valence-corrected chi connectivity index (χ2v) is 7.01. The molecule has 0 saturated carbocycles. The monoisotopic (exact) mass is 330 g/mol. The summed E-state index contributed by atoms with van der Waals surface area (Å²) in [5, 5.41) is 10.5. The second kappa shape index (κ2) is 7.34. The number of piperidine rings is 1. The number of carbonyl (C=O) groups excluding carboxylic acids is 2. The molecule has 3 rings (SSSR count). The lowest BCUT2D eigenvalue weighted by Gasteiger charge is -2.37. The third kappa shape index (κ3) is 3.78. The number of hydrogen-bond acceptors (Lipinski definition) is 3. The molecule has 2 fully saturated rings. The number of aliphatic hydroxyl groups excluding tert-OH is 1. The lowest BCUT2D eigenvalue weighted by atomic mass is 9.86. The molecule has 24 heavy (non-hydrogen) atoms. The molecule has 5 nitrogen and oxygen atoms in total. The Kier molecular flexibility index (Phi) is 5.19. The molecule has 5 heteroatoms. The predicted octanol–water partition coefficient (Wildman–Crippen LogP) is 1.37. The molecule has 2 saturated heterocycles. The SMILES string of the molecule is Cc1ccccc1C[C@H]1CCN(C(=O)CN2CCCC2=O)C[C@H]1O. The van der Waals surface area contributed by atoms with Gasteiger partial charge in [-0.1, -0.05) is 24.3 Å². The van der Waals surface area contributed by atoms with Gasteiger partial charge < -0.3 is 14.9 Å². The number of rotatable bonds is 4. The van der Waals surface area contributed by atoms with E-state index in [4.69, 9.17) is 0 Å². The minimum Gasteiger partial charge on any atom is -0.391 e. The van der Waals surface area contributed by atoms with Crippen LogP contribution >= 0.6 is 0 Å². The van der Waals surface area contributed by atoms with Gasteiger partial charge in [0, 0.05) is 26.1 Å². The quantitative estimate of drug-likeness (QED) is 0.907. The van der Waals surface area contributed by atoms with E-state index in [0.29, 0.717) is 26.1 Å². The Morgan fingerprint density at radius 2 is 2.08 bits per heavy atom. The Labute approximate surface area is 143 Å². The lowest BCUT2D eigenvalue weighted by molar-refractivity contribution is -0.141. The zero-order valence-electron chi connectivity index (χ0n) is 14.3. The number of likely N-dealkylation sites (tertiary alicyclic amines) is 2. The Balaban J connectivity index is 1.54. The van der Waals surface area contributed by atoms with Crippen molar-refractivity contribution in [2.75, 3.05) is 26.2 Å². The first-order chi connectivity index (χ1) is 11.5. The largest absolute Gasteiger partial charge is 0.391 e. The van der Waals surface area contributed by atoms with Gasteiger partial charge in [0.2, 0.25) is 11.8 Å². The summed E-state index contributed by atoms with van der Waals surface area (Å²) in [6.07, 6.45) is 2.54. The number of amides is 2. The van der Waals surface area contributed by atoms with Gasteiger partial charge in [-0.15, -0.1) is 0 Å². The van der Waals surface area contributed by atoms with Crippen LogP contribution in [0.15, 0.2) is 24.3 Å². The molecular formula is C19H26N2O3. The van der Waals surface area contributed by atoms with Crippen LogP contribution in [-0.2, 0) is 16.0 Å². The fraction of sp³-hybridized carbons (Fsp3) is 0.579. The van der Waals surface area contributed by atoms with Crippen LogP contribution in [0.2, 0.25) is 0 Å². The Hall–Kier alpha value is -1.88. The maximum Gasteiger partial charge on any atom is 0.242 e. The summed E-state index contributed by atoms with van der Waals surface area (Å²) in [7, 11) is 0. The van der Waals surface area contributed by atoms with Crippen LogP contribution in [0.5, 0.6) is 0 Å². The van der Waals surface area contributed by atoms with Crippen LogP contribution in [0.3, 0.4) is 0 Å². The van der Waals surface area contributed by atoms with Gasteiger partial charge in [0.1, 0.15) is 0 Å². The van der Waals surface area contributed by atoms with E-state index in [1.807, 2.05) is 12.1 Å². The van der Waals surface area contributed by atoms with Crippen LogP contribution in [0.1, 0.15) is 30.4 Å². The van der Waals surface area contributed by atoms with Gasteiger partial charge >= 0.3 is 0 Å². The highest BCUT2D eigenvalue weighted by Crippen LogP contribution is 2.24. The zero-order valence-corrected chi connectivity index (χ0v) is 14.3. The third-order valence-electron chi connectivity index (χ3n) is 5.31. The average molecular weight is 330 g/mol. The van der Waals surface area contributed by atoms with Crippen LogP contribution in [0, 0.1) is 12.8 Å². The summed E-state index contributed by atoms with van der Waals surface area (Å²) in [5.41, 5.74) is 2.51. The van der Waals surface area contributed by atoms with Crippen molar-refractivity contribution in [2.24, 2.45) is 5.92 Å². The van der Waals surface area contributed by atoms with Gasteiger partial charge in [0.25, 0.3) is 0 Å². The molecule has 130 valence electrons. The van der Waals surface area contributed by atoms with E-state index in [-0.39, 0.29) is 24.3 Å². The summed E-state index contributed by atoms with van der Waals surface area (Å²) < 4.78 is 0. The predicted molar refractivity (Wildman–Crippen MR) is 91.4 cm³/mol. The number of nitrogens with zero attached hydrogens (tertiary/aromatic N) is 2. The van der Waals surface area contributed by atoms with E-state index in [9.17, 15) is 14.7 Å². The molecule has 2 heterocycles. The van der Waals surface area contributed by atoms with Gasteiger partial charge in [0.15, 0.2) is 0 Å². The molecule has 2 amide bonds. The van der Waals surface area contributed by atoms with E-state index in [0.717, 1.165) is 19.3 Å².